The number of amides is 1. The average Bonchev–Trinajstić information content (AvgIpc) is 2.93. The van der Waals surface area contributed by atoms with Gasteiger partial charge in [-0.15, -0.1) is 10.2 Å². The Morgan fingerprint density at radius 1 is 1.29 bits per heavy atom. The van der Waals surface area contributed by atoms with Gasteiger partial charge in [-0.1, -0.05) is 49.1 Å². The van der Waals surface area contributed by atoms with Gasteiger partial charge in [-0.25, -0.2) is 0 Å². The lowest BCUT2D eigenvalue weighted by atomic mass is 10.2. The minimum atomic E-state index is -0.237. The molecule has 112 valence electrons. The summed E-state index contributed by atoms with van der Waals surface area (Å²) in [6.07, 6.45) is 0.982. The van der Waals surface area contributed by atoms with Crippen LogP contribution in [-0.4, -0.2) is 28.5 Å². The van der Waals surface area contributed by atoms with Gasteiger partial charge in [-0.3, -0.25) is 10.1 Å². The van der Waals surface area contributed by atoms with Crippen molar-refractivity contribution < 1.29 is 9.53 Å². The average molecular weight is 323 g/mol. The molecule has 21 heavy (non-hydrogen) atoms. The number of nitrogens with zero attached hydrogens (tertiary/aromatic N) is 2. The first-order chi connectivity index (χ1) is 10.2. The van der Waals surface area contributed by atoms with Crippen LogP contribution in [0.4, 0.5) is 5.13 Å². The van der Waals surface area contributed by atoms with Crippen LogP contribution in [-0.2, 0) is 11.2 Å². The van der Waals surface area contributed by atoms with E-state index in [0.29, 0.717) is 10.9 Å². The molecule has 0 fully saturated rings. The Hall–Kier alpha value is -1.60. The summed E-state index contributed by atoms with van der Waals surface area (Å²) in [6.45, 7) is 4.10. The maximum absolute atomic E-state index is 11.8. The first-order valence-corrected chi connectivity index (χ1v) is 8.49. The SMILES string of the molecule is CCSc1nnc(NC(=O)COc2ccc(CC)cc2)s1. The van der Waals surface area contributed by atoms with Crippen LogP contribution in [0.5, 0.6) is 5.75 Å². The van der Waals surface area contributed by atoms with E-state index in [4.69, 9.17) is 4.74 Å². The Balaban J connectivity index is 1.80. The molecular weight excluding hydrogens is 306 g/mol. The lowest BCUT2D eigenvalue weighted by Crippen LogP contribution is -2.20. The smallest absolute Gasteiger partial charge is 0.264 e. The molecule has 0 saturated heterocycles. The van der Waals surface area contributed by atoms with Crippen molar-refractivity contribution in [2.75, 3.05) is 17.7 Å². The van der Waals surface area contributed by atoms with Crippen molar-refractivity contribution in [2.45, 2.75) is 24.6 Å². The van der Waals surface area contributed by atoms with Crippen molar-refractivity contribution in [1.29, 1.82) is 0 Å². The molecule has 0 spiro atoms. The molecule has 7 heteroatoms. The standard InChI is InChI=1S/C14H17N3O2S2/c1-3-10-5-7-11(8-6-10)19-9-12(18)15-13-16-17-14(21-13)20-4-2/h5-8H,3-4,9H2,1-2H3,(H,15,16,18). The van der Waals surface area contributed by atoms with Gasteiger partial charge in [-0.2, -0.15) is 0 Å². The third-order valence-electron chi connectivity index (χ3n) is 2.62. The summed E-state index contributed by atoms with van der Waals surface area (Å²) in [6, 6.07) is 7.72. The van der Waals surface area contributed by atoms with E-state index >= 15 is 0 Å². The predicted octanol–water partition coefficient (Wildman–Crippen LogP) is 3.23. The molecule has 0 radical (unpaired) electrons. The first-order valence-electron chi connectivity index (χ1n) is 6.69. The Morgan fingerprint density at radius 2 is 2.05 bits per heavy atom. The van der Waals surface area contributed by atoms with Crippen molar-refractivity contribution in [3.63, 3.8) is 0 Å². The number of aromatic nitrogens is 2. The molecule has 0 atom stereocenters. The van der Waals surface area contributed by atoms with Gasteiger partial charge in [0.05, 0.1) is 0 Å². The number of benzene rings is 1. The maximum atomic E-state index is 11.8. The second-order valence-electron chi connectivity index (χ2n) is 4.14. The zero-order valence-corrected chi connectivity index (χ0v) is 13.6. The predicted molar refractivity (Wildman–Crippen MR) is 86.3 cm³/mol. The van der Waals surface area contributed by atoms with Crippen LogP contribution < -0.4 is 10.1 Å². The van der Waals surface area contributed by atoms with Crippen LogP contribution in [0, 0.1) is 0 Å². The van der Waals surface area contributed by atoms with Crippen LogP contribution >= 0.6 is 23.1 Å². The highest BCUT2D eigenvalue weighted by molar-refractivity contribution is 8.01. The number of rotatable bonds is 7. The van der Waals surface area contributed by atoms with Crippen LogP contribution in [0.2, 0.25) is 0 Å². The van der Waals surface area contributed by atoms with Crippen LogP contribution in [0.3, 0.4) is 0 Å². The van der Waals surface area contributed by atoms with Gasteiger partial charge in [0.15, 0.2) is 10.9 Å². The van der Waals surface area contributed by atoms with Crippen molar-refractivity contribution in [3.05, 3.63) is 29.8 Å². The Bertz CT molecular complexity index is 584. The van der Waals surface area contributed by atoms with Gasteiger partial charge in [0.1, 0.15) is 5.75 Å². The van der Waals surface area contributed by atoms with E-state index in [9.17, 15) is 4.79 Å². The minimum Gasteiger partial charge on any atom is -0.484 e. The summed E-state index contributed by atoms with van der Waals surface area (Å²) < 4.78 is 6.28. The number of thioether (sulfide) groups is 1. The number of carbonyl (C=O) groups is 1. The number of carbonyl (C=O) groups excluding carboxylic acids is 1. The topological polar surface area (TPSA) is 64.1 Å². The van der Waals surface area contributed by atoms with E-state index in [1.54, 1.807) is 11.8 Å². The fourth-order valence-corrected chi connectivity index (χ4v) is 3.23. The van der Waals surface area contributed by atoms with Crippen LogP contribution in [0.1, 0.15) is 19.4 Å². The zero-order valence-electron chi connectivity index (χ0n) is 12.0. The van der Waals surface area contributed by atoms with E-state index in [1.807, 2.05) is 31.2 Å². The zero-order chi connectivity index (χ0) is 15.1. The molecular formula is C14H17N3O2S2. The lowest BCUT2D eigenvalue weighted by Gasteiger charge is -2.06. The second-order valence-corrected chi connectivity index (χ2v) is 6.63. The molecule has 1 heterocycles. The molecule has 0 bridgehead atoms. The molecule has 0 unspecified atom stereocenters. The number of ether oxygens (including phenoxy) is 1. The molecule has 0 saturated carbocycles. The number of nitrogens with one attached hydrogen (secondary N) is 1. The normalized spacial score (nSPS) is 10.4. The minimum absolute atomic E-state index is 0.0404. The Kier molecular flexibility index (Phi) is 6.01. The lowest BCUT2D eigenvalue weighted by molar-refractivity contribution is -0.118. The van der Waals surface area contributed by atoms with E-state index in [2.05, 4.69) is 22.4 Å². The fourth-order valence-electron chi connectivity index (χ4n) is 1.57. The number of aryl methyl sites for hydroxylation is 1. The van der Waals surface area contributed by atoms with Gasteiger partial charge in [0.2, 0.25) is 5.13 Å². The molecule has 1 amide bonds. The van der Waals surface area contributed by atoms with E-state index in [0.717, 1.165) is 16.5 Å². The Morgan fingerprint density at radius 3 is 2.71 bits per heavy atom. The molecule has 1 aromatic carbocycles. The Labute approximate surface area is 132 Å². The van der Waals surface area contributed by atoms with Crippen molar-refractivity contribution in [1.82, 2.24) is 10.2 Å². The fraction of sp³-hybridized carbons (Fsp3) is 0.357. The third-order valence-corrected chi connectivity index (χ3v) is 4.48. The summed E-state index contributed by atoms with van der Waals surface area (Å²) in [7, 11) is 0. The third kappa shape index (κ3) is 5.02. The van der Waals surface area contributed by atoms with E-state index in [-0.39, 0.29) is 12.5 Å². The summed E-state index contributed by atoms with van der Waals surface area (Å²) in [5, 5.41) is 11.1. The maximum Gasteiger partial charge on any atom is 0.264 e. The van der Waals surface area contributed by atoms with Crippen LogP contribution in [0.25, 0.3) is 0 Å². The molecule has 5 nitrogen and oxygen atoms in total. The molecule has 0 aliphatic rings. The number of anilines is 1. The van der Waals surface area contributed by atoms with Gasteiger partial charge in [0, 0.05) is 0 Å². The first kappa shape index (κ1) is 15.8. The monoisotopic (exact) mass is 323 g/mol. The molecule has 0 aliphatic heterocycles. The van der Waals surface area contributed by atoms with Gasteiger partial charge >= 0.3 is 0 Å². The van der Waals surface area contributed by atoms with Crippen molar-refractivity contribution in [2.24, 2.45) is 0 Å². The largest absolute Gasteiger partial charge is 0.484 e. The van der Waals surface area contributed by atoms with Gasteiger partial charge in [0.25, 0.3) is 5.91 Å². The number of hydrogen-bond donors (Lipinski definition) is 1. The highest BCUT2D eigenvalue weighted by atomic mass is 32.2. The highest BCUT2D eigenvalue weighted by Gasteiger charge is 2.08. The van der Waals surface area contributed by atoms with Gasteiger partial charge < -0.3 is 4.74 Å². The van der Waals surface area contributed by atoms with Crippen molar-refractivity contribution in [3.8, 4) is 5.75 Å². The number of hydrogen-bond acceptors (Lipinski definition) is 6. The van der Waals surface area contributed by atoms with E-state index in [1.165, 1.54) is 16.9 Å². The summed E-state index contributed by atoms with van der Waals surface area (Å²) in [5.74, 6) is 1.38. The van der Waals surface area contributed by atoms with Gasteiger partial charge in [-0.05, 0) is 29.9 Å². The molecule has 2 aromatic rings. The summed E-state index contributed by atoms with van der Waals surface area (Å²) >= 11 is 2.96. The molecule has 1 N–H and O–H groups in total. The highest BCUT2D eigenvalue weighted by Crippen LogP contribution is 2.24. The van der Waals surface area contributed by atoms with E-state index < -0.39 is 0 Å². The quantitative estimate of drug-likeness (QED) is 0.626. The molecule has 2 rings (SSSR count). The summed E-state index contributed by atoms with van der Waals surface area (Å²) in [4.78, 5) is 11.8. The second kappa shape index (κ2) is 7.99. The van der Waals surface area contributed by atoms with Crippen molar-refractivity contribution >= 4 is 34.1 Å². The molecule has 1 aromatic heterocycles. The summed E-state index contributed by atoms with van der Waals surface area (Å²) in [5.41, 5.74) is 1.24. The van der Waals surface area contributed by atoms with Crippen LogP contribution in [0.15, 0.2) is 28.6 Å². The molecule has 0 aliphatic carbocycles.